The first kappa shape index (κ1) is 21.6. The monoisotopic (exact) mass is 407 g/mol. The van der Waals surface area contributed by atoms with Crippen LogP contribution in [-0.2, 0) is 10.8 Å². The summed E-state index contributed by atoms with van der Waals surface area (Å²) < 4.78 is 5.66. The average molecular weight is 408 g/mol. The van der Waals surface area contributed by atoms with E-state index in [0.29, 0.717) is 11.5 Å². The van der Waals surface area contributed by atoms with Crippen LogP contribution in [0.3, 0.4) is 0 Å². The molecule has 0 radical (unpaired) electrons. The molecular formula is C25H29NO4. The molecule has 3 rings (SSSR count). The SMILES string of the molecule is COc1cc2c(cc1C(/C=C/c1ccc(C(=O)O)cc1)=NO)C(C)(C)CCC2(C)C. The summed E-state index contributed by atoms with van der Waals surface area (Å²) in [6.07, 6.45) is 5.68. The van der Waals surface area contributed by atoms with Gasteiger partial charge in [-0.2, -0.15) is 0 Å². The molecule has 1 aliphatic carbocycles. The van der Waals surface area contributed by atoms with Gasteiger partial charge >= 0.3 is 5.97 Å². The van der Waals surface area contributed by atoms with E-state index in [1.165, 1.54) is 11.1 Å². The summed E-state index contributed by atoms with van der Waals surface area (Å²) in [5.74, 6) is -0.300. The third kappa shape index (κ3) is 4.11. The Morgan fingerprint density at radius 3 is 2.10 bits per heavy atom. The number of benzene rings is 2. The molecule has 0 amide bonds. The lowest BCUT2D eigenvalue weighted by Gasteiger charge is -2.42. The molecule has 2 N–H and O–H groups in total. The molecule has 0 spiro atoms. The smallest absolute Gasteiger partial charge is 0.335 e. The number of methoxy groups -OCH3 is 1. The fourth-order valence-electron chi connectivity index (χ4n) is 4.05. The molecule has 5 heteroatoms. The van der Waals surface area contributed by atoms with Gasteiger partial charge in [0.15, 0.2) is 0 Å². The van der Waals surface area contributed by atoms with Crippen LogP contribution in [0.1, 0.15) is 73.1 Å². The van der Waals surface area contributed by atoms with Gasteiger partial charge in [0.05, 0.1) is 12.7 Å². The van der Waals surface area contributed by atoms with Crippen molar-refractivity contribution in [2.24, 2.45) is 5.16 Å². The van der Waals surface area contributed by atoms with E-state index in [1.807, 2.05) is 0 Å². The number of aromatic carboxylic acids is 1. The van der Waals surface area contributed by atoms with Gasteiger partial charge in [-0.25, -0.2) is 4.79 Å². The lowest BCUT2D eigenvalue weighted by atomic mass is 9.63. The first-order valence-corrected chi connectivity index (χ1v) is 10.1. The molecule has 0 heterocycles. The van der Waals surface area contributed by atoms with Crippen LogP contribution in [0.15, 0.2) is 47.6 Å². The number of ether oxygens (including phenoxy) is 1. The molecule has 0 aromatic heterocycles. The molecule has 0 saturated heterocycles. The number of allylic oxidation sites excluding steroid dienone is 1. The van der Waals surface area contributed by atoms with Gasteiger partial charge in [-0.1, -0.05) is 51.1 Å². The van der Waals surface area contributed by atoms with Crippen molar-refractivity contribution in [2.45, 2.75) is 51.4 Å². The molecular weight excluding hydrogens is 378 g/mol. The standard InChI is InChI=1S/C25H29NO4/c1-24(2)12-13-25(3,4)20-15-22(30-5)18(14-19(20)24)21(26-29)11-8-16-6-9-17(10-7-16)23(27)28/h6-11,14-15,29H,12-13H2,1-5H3,(H,27,28)/b11-8+,26-21?. The predicted octanol–water partition coefficient (Wildman–Crippen LogP) is 5.63. The molecule has 0 atom stereocenters. The predicted molar refractivity (Wildman–Crippen MR) is 119 cm³/mol. The van der Waals surface area contributed by atoms with Gasteiger partial charge in [0, 0.05) is 5.56 Å². The van der Waals surface area contributed by atoms with E-state index in [1.54, 1.807) is 43.5 Å². The number of carboxylic acids is 1. The third-order valence-corrected chi connectivity index (χ3v) is 6.15. The molecule has 0 saturated carbocycles. The number of oxime groups is 1. The normalized spacial score (nSPS) is 17.6. The largest absolute Gasteiger partial charge is 0.496 e. The van der Waals surface area contributed by atoms with Crippen LogP contribution in [0.5, 0.6) is 5.75 Å². The Morgan fingerprint density at radius 1 is 1.03 bits per heavy atom. The molecule has 5 nitrogen and oxygen atoms in total. The van der Waals surface area contributed by atoms with E-state index in [2.05, 4.69) is 45.0 Å². The minimum Gasteiger partial charge on any atom is -0.496 e. The molecule has 158 valence electrons. The first-order valence-electron chi connectivity index (χ1n) is 10.1. The fraction of sp³-hybridized carbons (Fsp3) is 0.360. The van der Waals surface area contributed by atoms with E-state index >= 15 is 0 Å². The van der Waals surface area contributed by atoms with Crippen LogP contribution in [-0.4, -0.2) is 29.1 Å². The van der Waals surface area contributed by atoms with Gasteiger partial charge in [-0.05, 0) is 70.7 Å². The van der Waals surface area contributed by atoms with Crippen molar-refractivity contribution >= 4 is 17.8 Å². The van der Waals surface area contributed by atoms with Crippen LogP contribution in [0.2, 0.25) is 0 Å². The van der Waals surface area contributed by atoms with Crippen molar-refractivity contribution in [3.05, 3.63) is 70.3 Å². The molecule has 2 aromatic carbocycles. The van der Waals surface area contributed by atoms with Crippen molar-refractivity contribution in [1.82, 2.24) is 0 Å². The van der Waals surface area contributed by atoms with E-state index in [-0.39, 0.29) is 16.4 Å². The molecule has 0 aliphatic heterocycles. The summed E-state index contributed by atoms with van der Waals surface area (Å²) in [5, 5.41) is 22.3. The lowest BCUT2D eigenvalue weighted by molar-refractivity contribution is 0.0697. The van der Waals surface area contributed by atoms with E-state index in [0.717, 1.165) is 24.0 Å². The Bertz CT molecular complexity index is 1010. The third-order valence-electron chi connectivity index (χ3n) is 6.15. The number of hydrogen-bond donors (Lipinski definition) is 2. The Morgan fingerprint density at radius 2 is 1.60 bits per heavy atom. The van der Waals surface area contributed by atoms with E-state index in [9.17, 15) is 10.0 Å². The van der Waals surface area contributed by atoms with Gasteiger partial charge in [-0.3, -0.25) is 0 Å². The molecule has 30 heavy (non-hydrogen) atoms. The Balaban J connectivity index is 2.03. The molecule has 0 unspecified atom stereocenters. The summed E-state index contributed by atoms with van der Waals surface area (Å²) >= 11 is 0. The highest BCUT2D eigenvalue weighted by molar-refractivity contribution is 6.12. The van der Waals surface area contributed by atoms with Crippen LogP contribution in [0, 0.1) is 0 Å². The zero-order chi connectivity index (χ0) is 22.1. The Kier molecular flexibility index (Phi) is 5.75. The van der Waals surface area contributed by atoms with Crippen LogP contribution in [0.4, 0.5) is 0 Å². The van der Waals surface area contributed by atoms with Crippen LogP contribution < -0.4 is 4.74 Å². The molecule has 0 fully saturated rings. The molecule has 2 aromatic rings. The maximum atomic E-state index is 11.0. The summed E-state index contributed by atoms with van der Waals surface area (Å²) in [4.78, 5) is 11.0. The highest BCUT2D eigenvalue weighted by Crippen LogP contribution is 2.47. The first-order chi connectivity index (χ1) is 14.1. The summed E-state index contributed by atoms with van der Waals surface area (Å²) in [7, 11) is 1.62. The molecule has 1 aliphatic rings. The Labute approximate surface area is 177 Å². The van der Waals surface area contributed by atoms with Crippen LogP contribution >= 0.6 is 0 Å². The number of carbonyl (C=O) groups is 1. The van der Waals surface area contributed by atoms with Gasteiger partial charge in [0.1, 0.15) is 11.5 Å². The maximum absolute atomic E-state index is 11.0. The Hall–Kier alpha value is -3.08. The van der Waals surface area contributed by atoms with E-state index in [4.69, 9.17) is 9.84 Å². The highest BCUT2D eigenvalue weighted by atomic mass is 16.5. The second-order valence-corrected chi connectivity index (χ2v) is 9.11. The highest BCUT2D eigenvalue weighted by Gasteiger charge is 2.38. The van der Waals surface area contributed by atoms with Gasteiger partial charge in [0.25, 0.3) is 0 Å². The van der Waals surface area contributed by atoms with Crippen molar-refractivity contribution in [3.8, 4) is 5.75 Å². The van der Waals surface area contributed by atoms with Crippen molar-refractivity contribution in [3.63, 3.8) is 0 Å². The number of nitrogens with zero attached hydrogens (tertiary/aromatic N) is 1. The van der Waals surface area contributed by atoms with Crippen molar-refractivity contribution in [1.29, 1.82) is 0 Å². The average Bonchev–Trinajstić information content (AvgIpc) is 2.72. The van der Waals surface area contributed by atoms with E-state index < -0.39 is 5.97 Å². The maximum Gasteiger partial charge on any atom is 0.335 e. The molecule has 0 bridgehead atoms. The topological polar surface area (TPSA) is 79.1 Å². The fourth-order valence-corrected chi connectivity index (χ4v) is 4.05. The van der Waals surface area contributed by atoms with Gasteiger partial charge < -0.3 is 15.1 Å². The zero-order valence-corrected chi connectivity index (χ0v) is 18.2. The van der Waals surface area contributed by atoms with Crippen molar-refractivity contribution < 1.29 is 19.8 Å². The van der Waals surface area contributed by atoms with Crippen molar-refractivity contribution in [2.75, 3.05) is 7.11 Å². The van der Waals surface area contributed by atoms with Gasteiger partial charge in [0.2, 0.25) is 0 Å². The van der Waals surface area contributed by atoms with Gasteiger partial charge in [-0.15, -0.1) is 0 Å². The second-order valence-electron chi connectivity index (χ2n) is 9.11. The number of hydrogen-bond acceptors (Lipinski definition) is 4. The lowest BCUT2D eigenvalue weighted by Crippen LogP contribution is -2.34. The second kappa shape index (κ2) is 7.98. The quantitative estimate of drug-likeness (QED) is 0.382. The summed E-state index contributed by atoms with van der Waals surface area (Å²) in [6.45, 7) is 8.99. The number of rotatable bonds is 5. The summed E-state index contributed by atoms with van der Waals surface area (Å²) in [5.41, 5.74) is 4.72. The zero-order valence-electron chi connectivity index (χ0n) is 18.2. The minimum absolute atomic E-state index is 0.0167. The number of carboxylic acid groups (broad SMARTS) is 1. The number of fused-ring (bicyclic) bond motifs is 1. The van der Waals surface area contributed by atoms with Crippen LogP contribution in [0.25, 0.3) is 6.08 Å². The summed E-state index contributed by atoms with van der Waals surface area (Å²) in [6, 6.07) is 10.7. The minimum atomic E-state index is -0.965.